The van der Waals surface area contributed by atoms with Crippen molar-refractivity contribution in [2.45, 2.75) is 25.7 Å². The van der Waals surface area contributed by atoms with Crippen LogP contribution in [0.2, 0.25) is 0 Å². The maximum absolute atomic E-state index is 11.2. The molecule has 0 aliphatic heterocycles. The Morgan fingerprint density at radius 1 is 1.42 bits per heavy atom. The first-order chi connectivity index (χ1) is 5.81. The zero-order valence-electron chi connectivity index (χ0n) is 6.81. The highest BCUT2D eigenvalue weighted by atomic mass is 16.1. The van der Waals surface area contributed by atoms with Gasteiger partial charge in [0.15, 0.2) is 0 Å². The molecule has 0 unspecified atom stereocenters. The summed E-state index contributed by atoms with van der Waals surface area (Å²) in [5.74, 6) is 1.08. The van der Waals surface area contributed by atoms with E-state index in [9.17, 15) is 4.79 Å². The van der Waals surface area contributed by atoms with E-state index in [0.29, 0.717) is 5.92 Å². The van der Waals surface area contributed by atoms with E-state index in [4.69, 9.17) is 5.53 Å². The molecule has 4 heteroatoms. The van der Waals surface area contributed by atoms with Gasteiger partial charge in [0.1, 0.15) is 0 Å². The fourth-order valence-electron chi connectivity index (χ4n) is 2.67. The van der Waals surface area contributed by atoms with Crippen molar-refractivity contribution in [1.29, 1.82) is 0 Å². The number of hydrogen-bond donors (Lipinski definition) is 0. The van der Waals surface area contributed by atoms with Crippen LogP contribution in [0.25, 0.3) is 10.4 Å². The van der Waals surface area contributed by atoms with E-state index in [1.165, 1.54) is 12.8 Å². The Morgan fingerprint density at radius 3 is 2.75 bits per heavy atom. The van der Waals surface area contributed by atoms with Crippen LogP contribution in [0.5, 0.6) is 0 Å². The predicted octanol–water partition coefficient (Wildman–Crippen LogP) is 2.26. The second-order valence-corrected chi connectivity index (χ2v) is 3.81. The topological polar surface area (TPSA) is 65.8 Å². The van der Waals surface area contributed by atoms with E-state index in [1.807, 2.05) is 0 Å². The fraction of sp³-hybridized carbons (Fsp3) is 0.875. The summed E-state index contributed by atoms with van der Waals surface area (Å²) in [6, 6.07) is 0. The fourth-order valence-corrected chi connectivity index (χ4v) is 2.67. The van der Waals surface area contributed by atoms with E-state index in [2.05, 4.69) is 10.0 Å². The average molecular weight is 165 g/mol. The van der Waals surface area contributed by atoms with E-state index < -0.39 is 0 Å². The number of azide groups is 1. The molecular formula is C8H11N3O. The molecule has 0 N–H and O–H groups in total. The smallest absolute Gasteiger partial charge is 0.222 e. The van der Waals surface area contributed by atoms with Gasteiger partial charge in [-0.2, -0.15) is 0 Å². The van der Waals surface area contributed by atoms with Crippen molar-refractivity contribution in [2.24, 2.45) is 22.9 Å². The minimum atomic E-state index is -0.232. The largest absolute Gasteiger partial charge is 0.292 e. The van der Waals surface area contributed by atoms with Crippen molar-refractivity contribution < 1.29 is 4.79 Å². The SMILES string of the molecule is [N-]=[N+]=NC(=O)[C@@H]1C[C@H]2CC[C@@H]1C2. The lowest BCUT2D eigenvalue weighted by Crippen LogP contribution is -2.18. The van der Waals surface area contributed by atoms with Gasteiger partial charge in [0.05, 0.1) is 0 Å². The van der Waals surface area contributed by atoms with E-state index in [-0.39, 0.29) is 11.8 Å². The Balaban J connectivity index is 2.07. The zero-order chi connectivity index (χ0) is 8.55. The molecule has 0 aromatic rings. The Morgan fingerprint density at radius 2 is 2.25 bits per heavy atom. The van der Waals surface area contributed by atoms with Gasteiger partial charge in [-0.15, -0.1) is 0 Å². The summed E-state index contributed by atoms with van der Waals surface area (Å²) >= 11 is 0. The molecular weight excluding hydrogens is 154 g/mol. The summed E-state index contributed by atoms with van der Waals surface area (Å²) in [4.78, 5) is 13.8. The summed E-state index contributed by atoms with van der Waals surface area (Å²) < 4.78 is 0. The van der Waals surface area contributed by atoms with Gasteiger partial charge in [-0.1, -0.05) is 6.42 Å². The van der Waals surface area contributed by atoms with Gasteiger partial charge in [-0.3, -0.25) is 4.79 Å². The van der Waals surface area contributed by atoms with Gasteiger partial charge in [0.25, 0.3) is 0 Å². The molecule has 0 spiro atoms. The van der Waals surface area contributed by atoms with E-state index in [1.54, 1.807) is 0 Å². The quantitative estimate of drug-likeness (QED) is 0.334. The Hall–Kier alpha value is -1.02. The first-order valence-corrected chi connectivity index (χ1v) is 4.40. The van der Waals surface area contributed by atoms with Gasteiger partial charge < -0.3 is 0 Å². The van der Waals surface area contributed by atoms with Crippen molar-refractivity contribution >= 4 is 5.91 Å². The molecule has 2 aliphatic carbocycles. The third-order valence-corrected chi connectivity index (χ3v) is 3.20. The number of amides is 1. The number of fused-ring (bicyclic) bond motifs is 2. The standard InChI is InChI=1S/C8H11N3O/c9-11-10-8(12)7-4-5-1-2-6(7)3-5/h5-7H,1-4H2/t5-,6+,7+/m0/s1. The molecule has 3 atom stereocenters. The van der Waals surface area contributed by atoms with Gasteiger partial charge in [0.2, 0.25) is 5.91 Å². The molecule has 2 rings (SSSR count). The van der Waals surface area contributed by atoms with Gasteiger partial charge in [-0.05, 0) is 41.7 Å². The molecule has 2 fully saturated rings. The summed E-state index contributed by atoms with van der Waals surface area (Å²) in [7, 11) is 0. The molecule has 0 aromatic carbocycles. The molecule has 1 amide bonds. The van der Waals surface area contributed by atoms with E-state index in [0.717, 1.165) is 18.8 Å². The van der Waals surface area contributed by atoms with Crippen LogP contribution in [0, 0.1) is 17.8 Å². The van der Waals surface area contributed by atoms with Gasteiger partial charge in [0, 0.05) is 10.8 Å². The van der Waals surface area contributed by atoms with Crippen LogP contribution in [0.15, 0.2) is 5.11 Å². The van der Waals surface area contributed by atoms with Crippen molar-refractivity contribution in [3.63, 3.8) is 0 Å². The molecule has 2 bridgehead atoms. The predicted molar refractivity (Wildman–Crippen MR) is 43.1 cm³/mol. The molecule has 0 aromatic heterocycles. The maximum Gasteiger partial charge on any atom is 0.222 e. The second kappa shape index (κ2) is 2.79. The van der Waals surface area contributed by atoms with Gasteiger partial charge >= 0.3 is 0 Å². The second-order valence-electron chi connectivity index (χ2n) is 3.81. The number of hydrogen-bond acceptors (Lipinski definition) is 1. The number of carbonyl (C=O) groups excluding carboxylic acids is 1. The molecule has 0 radical (unpaired) electrons. The molecule has 12 heavy (non-hydrogen) atoms. The van der Waals surface area contributed by atoms with Crippen LogP contribution in [-0.2, 0) is 4.79 Å². The first-order valence-electron chi connectivity index (χ1n) is 4.40. The third-order valence-electron chi connectivity index (χ3n) is 3.20. The molecule has 0 heterocycles. The summed E-state index contributed by atoms with van der Waals surface area (Å²) in [6.45, 7) is 0. The third kappa shape index (κ3) is 1.08. The normalized spacial score (nSPS) is 37.8. The first kappa shape index (κ1) is 7.62. The van der Waals surface area contributed by atoms with Crippen molar-refractivity contribution in [3.05, 3.63) is 10.4 Å². The average Bonchev–Trinajstić information content (AvgIpc) is 2.64. The molecule has 2 saturated carbocycles. The minimum Gasteiger partial charge on any atom is -0.292 e. The summed E-state index contributed by atoms with van der Waals surface area (Å²) in [5, 5.41) is 3.17. The van der Waals surface area contributed by atoms with Crippen LogP contribution in [-0.4, -0.2) is 5.91 Å². The van der Waals surface area contributed by atoms with Crippen LogP contribution < -0.4 is 0 Å². The van der Waals surface area contributed by atoms with Crippen molar-refractivity contribution in [1.82, 2.24) is 0 Å². The monoisotopic (exact) mass is 165 g/mol. The van der Waals surface area contributed by atoms with E-state index >= 15 is 0 Å². The minimum absolute atomic E-state index is 0.0552. The van der Waals surface area contributed by atoms with Crippen molar-refractivity contribution in [2.75, 3.05) is 0 Å². The number of carbonyl (C=O) groups is 1. The Bertz CT molecular complexity index is 257. The Kier molecular flexibility index (Phi) is 1.77. The zero-order valence-corrected chi connectivity index (χ0v) is 6.81. The molecule has 2 aliphatic rings. The lowest BCUT2D eigenvalue weighted by molar-refractivity contribution is -0.123. The number of nitrogens with zero attached hydrogens (tertiary/aromatic N) is 3. The molecule has 0 saturated heterocycles. The highest BCUT2D eigenvalue weighted by Crippen LogP contribution is 2.48. The maximum atomic E-state index is 11.2. The molecule has 64 valence electrons. The lowest BCUT2D eigenvalue weighted by Gasteiger charge is -2.17. The van der Waals surface area contributed by atoms with Crippen LogP contribution in [0.1, 0.15) is 25.7 Å². The lowest BCUT2D eigenvalue weighted by atomic mass is 9.88. The summed E-state index contributed by atoms with van der Waals surface area (Å²) in [5.41, 5.74) is 8.10. The van der Waals surface area contributed by atoms with Crippen LogP contribution >= 0.6 is 0 Å². The molecule has 4 nitrogen and oxygen atoms in total. The van der Waals surface area contributed by atoms with Crippen LogP contribution in [0.4, 0.5) is 0 Å². The van der Waals surface area contributed by atoms with Crippen molar-refractivity contribution in [3.8, 4) is 0 Å². The highest BCUT2D eigenvalue weighted by Gasteiger charge is 2.42. The summed E-state index contributed by atoms with van der Waals surface area (Å²) in [6.07, 6.45) is 4.56. The van der Waals surface area contributed by atoms with Gasteiger partial charge in [-0.25, -0.2) is 0 Å². The highest BCUT2D eigenvalue weighted by molar-refractivity contribution is 5.80. The Labute approximate surface area is 70.6 Å². The van der Waals surface area contributed by atoms with Crippen LogP contribution in [0.3, 0.4) is 0 Å². The number of rotatable bonds is 1.